The molecule has 2 rings (SSSR count). The van der Waals surface area contributed by atoms with Crippen LogP contribution in [0.1, 0.15) is 17.5 Å². The highest BCUT2D eigenvalue weighted by Gasteiger charge is 2.15. The van der Waals surface area contributed by atoms with Gasteiger partial charge in [-0.05, 0) is 35.6 Å². The molecule has 0 heterocycles. The maximum Gasteiger partial charge on any atom is 0.0630 e. The summed E-state index contributed by atoms with van der Waals surface area (Å²) < 4.78 is 0. The van der Waals surface area contributed by atoms with Crippen molar-refractivity contribution < 1.29 is 0 Å². The second-order valence-electron chi connectivity index (χ2n) is 3.36. The summed E-state index contributed by atoms with van der Waals surface area (Å²) in [7, 11) is 0. The van der Waals surface area contributed by atoms with E-state index in [1.165, 1.54) is 5.57 Å². The molecule has 0 spiro atoms. The molecule has 0 aromatic heterocycles. The zero-order chi connectivity index (χ0) is 10.1. The highest BCUT2D eigenvalue weighted by Crippen LogP contribution is 2.35. The fraction of sp³-hybridized carbons (Fsp3) is 0.273. The number of hydrogen-bond donors (Lipinski definition) is 1. The van der Waals surface area contributed by atoms with Gasteiger partial charge in [0.15, 0.2) is 0 Å². The highest BCUT2D eigenvalue weighted by molar-refractivity contribution is 6.42. The predicted octanol–water partition coefficient (Wildman–Crippen LogP) is 3.70. The molecule has 0 fully saturated rings. The van der Waals surface area contributed by atoms with Crippen LogP contribution < -0.4 is 5.73 Å². The molecular weight excluding hydrogens is 252 g/mol. The molecule has 0 saturated heterocycles. The molecule has 0 amide bonds. The molecule has 0 aliphatic heterocycles. The first kappa shape index (κ1) is 12.9. The van der Waals surface area contributed by atoms with Crippen LogP contribution in [-0.4, -0.2) is 6.54 Å². The van der Waals surface area contributed by atoms with Crippen molar-refractivity contribution in [1.82, 2.24) is 0 Å². The Morgan fingerprint density at radius 3 is 2.67 bits per heavy atom. The van der Waals surface area contributed by atoms with E-state index in [0.29, 0.717) is 16.6 Å². The standard InChI is InChI=1S/C11H11Cl2N.ClH/c12-10-5-4-8-7(6-14)2-1-3-9(8)11(10)13;/h2,4-5H,1,3,6,14H2;1H. The smallest absolute Gasteiger partial charge is 0.0630 e. The first-order valence-electron chi connectivity index (χ1n) is 4.60. The van der Waals surface area contributed by atoms with Gasteiger partial charge in [-0.2, -0.15) is 0 Å². The average molecular weight is 265 g/mol. The molecule has 0 bridgehead atoms. The normalized spacial score (nSPS) is 13.9. The molecule has 0 unspecified atom stereocenters. The van der Waals surface area contributed by atoms with Gasteiger partial charge in [0.1, 0.15) is 0 Å². The van der Waals surface area contributed by atoms with Gasteiger partial charge < -0.3 is 5.73 Å². The van der Waals surface area contributed by atoms with Crippen molar-refractivity contribution in [1.29, 1.82) is 0 Å². The van der Waals surface area contributed by atoms with E-state index in [4.69, 9.17) is 28.9 Å². The van der Waals surface area contributed by atoms with E-state index >= 15 is 0 Å². The average Bonchev–Trinajstić information content (AvgIpc) is 2.23. The Balaban J connectivity index is 0.00000112. The Labute approximate surface area is 106 Å². The molecule has 1 aliphatic carbocycles. The van der Waals surface area contributed by atoms with Crippen LogP contribution in [0.5, 0.6) is 0 Å². The maximum atomic E-state index is 6.13. The lowest BCUT2D eigenvalue weighted by molar-refractivity contribution is 0.967. The Kier molecular flexibility index (Phi) is 4.47. The number of allylic oxidation sites excluding steroid dienone is 1. The van der Waals surface area contributed by atoms with Gasteiger partial charge in [0.25, 0.3) is 0 Å². The molecule has 1 aromatic carbocycles. The van der Waals surface area contributed by atoms with E-state index in [-0.39, 0.29) is 12.4 Å². The molecule has 0 atom stereocenters. The van der Waals surface area contributed by atoms with Crippen molar-refractivity contribution in [2.75, 3.05) is 6.54 Å². The third kappa shape index (κ3) is 2.31. The largest absolute Gasteiger partial charge is 0.326 e. The number of nitrogens with two attached hydrogens (primary N) is 1. The van der Waals surface area contributed by atoms with Crippen LogP contribution in [0.4, 0.5) is 0 Å². The van der Waals surface area contributed by atoms with Crippen LogP contribution in [0.25, 0.3) is 5.57 Å². The molecule has 1 aromatic rings. The monoisotopic (exact) mass is 263 g/mol. The minimum absolute atomic E-state index is 0. The van der Waals surface area contributed by atoms with E-state index < -0.39 is 0 Å². The third-order valence-electron chi connectivity index (χ3n) is 2.55. The summed E-state index contributed by atoms with van der Waals surface area (Å²) in [6.45, 7) is 0.560. The van der Waals surface area contributed by atoms with Crippen molar-refractivity contribution >= 4 is 41.2 Å². The molecule has 1 nitrogen and oxygen atoms in total. The first-order chi connectivity index (χ1) is 6.74. The zero-order valence-electron chi connectivity index (χ0n) is 8.09. The molecule has 2 N–H and O–H groups in total. The minimum Gasteiger partial charge on any atom is -0.326 e. The maximum absolute atomic E-state index is 6.13. The van der Waals surface area contributed by atoms with Gasteiger partial charge in [0, 0.05) is 6.54 Å². The second kappa shape index (κ2) is 5.22. The van der Waals surface area contributed by atoms with E-state index in [9.17, 15) is 0 Å². The lowest BCUT2D eigenvalue weighted by Crippen LogP contribution is -2.08. The summed E-state index contributed by atoms with van der Waals surface area (Å²) in [4.78, 5) is 0. The van der Waals surface area contributed by atoms with Crippen LogP contribution in [-0.2, 0) is 6.42 Å². The van der Waals surface area contributed by atoms with E-state index in [2.05, 4.69) is 6.08 Å². The highest BCUT2D eigenvalue weighted by atomic mass is 35.5. The number of fused-ring (bicyclic) bond motifs is 1. The summed E-state index contributed by atoms with van der Waals surface area (Å²) in [6.07, 6.45) is 4.13. The van der Waals surface area contributed by atoms with Gasteiger partial charge in [0.05, 0.1) is 10.0 Å². The lowest BCUT2D eigenvalue weighted by Gasteiger charge is -2.18. The van der Waals surface area contributed by atoms with Gasteiger partial charge in [-0.3, -0.25) is 0 Å². The number of rotatable bonds is 1. The van der Waals surface area contributed by atoms with Gasteiger partial charge in [-0.25, -0.2) is 0 Å². The third-order valence-corrected chi connectivity index (χ3v) is 3.39. The molecular formula is C11H12Cl3N. The molecule has 4 heteroatoms. The van der Waals surface area contributed by atoms with Crippen LogP contribution in [0.15, 0.2) is 18.2 Å². The topological polar surface area (TPSA) is 26.0 Å². The van der Waals surface area contributed by atoms with E-state index in [0.717, 1.165) is 24.0 Å². The Bertz CT molecular complexity index is 399. The minimum atomic E-state index is 0. The number of hydrogen-bond acceptors (Lipinski definition) is 1. The quantitative estimate of drug-likeness (QED) is 0.822. The molecule has 0 radical (unpaired) electrons. The van der Waals surface area contributed by atoms with Crippen LogP contribution in [0, 0.1) is 0 Å². The predicted molar refractivity (Wildman–Crippen MR) is 69.1 cm³/mol. The number of benzene rings is 1. The van der Waals surface area contributed by atoms with E-state index in [1.54, 1.807) is 0 Å². The van der Waals surface area contributed by atoms with Crippen LogP contribution >= 0.6 is 35.6 Å². The molecule has 15 heavy (non-hydrogen) atoms. The van der Waals surface area contributed by atoms with Crippen molar-refractivity contribution in [3.8, 4) is 0 Å². The van der Waals surface area contributed by atoms with Gasteiger partial charge in [-0.15, -0.1) is 12.4 Å². The van der Waals surface area contributed by atoms with Crippen LogP contribution in [0.3, 0.4) is 0 Å². The molecule has 1 aliphatic rings. The van der Waals surface area contributed by atoms with Gasteiger partial charge in [-0.1, -0.05) is 35.3 Å². The molecule has 0 saturated carbocycles. The Morgan fingerprint density at radius 1 is 1.27 bits per heavy atom. The number of halogens is 3. The summed E-state index contributed by atoms with van der Waals surface area (Å²) in [5, 5.41) is 1.31. The Morgan fingerprint density at radius 2 is 2.00 bits per heavy atom. The summed E-state index contributed by atoms with van der Waals surface area (Å²) in [5.74, 6) is 0. The first-order valence-corrected chi connectivity index (χ1v) is 5.36. The second-order valence-corrected chi connectivity index (χ2v) is 4.14. The Hall–Kier alpha value is -0.210. The fourth-order valence-electron chi connectivity index (χ4n) is 1.83. The zero-order valence-corrected chi connectivity index (χ0v) is 10.4. The lowest BCUT2D eigenvalue weighted by atomic mass is 9.91. The summed E-state index contributed by atoms with van der Waals surface area (Å²) in [5.41, 5.74) is 9.13. The van der Waals surface area contributed by atoms with Gasteiger partial charge in [0.2, 0.25) is 0 Å². The summed E-state index contributed by atoms with van der Waals surface area (Å²) >= 11 is 12.1. The van der Waals surface area contributed by atoms with Gasteiger partial charge >= 0.3 is 0 Å². The van der Waals surface area contributed by atoms with Crippen molar-refractivity contribution in [2.45, 2.75) is 12.8 Å². The van der Waals surface area contributed by atoms with Crippen molar-refractivity contribution in [3.05, 3.63) is 39.4 Å². The van der Waals surface area contributed by atoms with E-state index in [1.807, 2.05) is 12.1 Å². The van der Waals surface area contributed by atoms with Crippen molar-refractivity contribution in [3.63, 3.8) is 0 Å². The van der Waals surface area contributed by atoms with Crippen molar-refractivity contribution in [2.24, 2.45) is 5.73 Å². The van der Waals surface area contributed by atoms with Crippen LogP contribution in [0.2, 0.25) is 10.0 Å². The summed E-state index contributed by atoms with van der Waals surface area (Å²) in [6, 6.07) is 3.83. The fourth-order valence-corrected chi connectivity index (χ4v) is 2.27. The molecule has 82 valence electrons. The SMILES string of the molecule is Cl.NCC1=CCCc2c1ccc(Cl)c2Cl.